The van der Waals surface area contributed by atoms with Crippen molar-refractivity contribution in [2.75, 3.05) is 11.9 Å². The maximum absolute atomic E-state index is 13.0. The monoisotopic (exact) mass is 371 g/mol. The molecule has 24 heavy (non-hydrogen) atoms. The molecule has 0 fully saturated rings. The molecule has 0 unspecified atom stereocenters. The van der Waals surface area contributed by atoms with Crippen LogP contribution in [0.1, 0.15) is 18.7 Å². The Hall–Kier alpha value is -1.84. The smallest absolute Gasteiger partial charge is 0.243 e. The minimum absolute atomic E-state index is 0.0597. The number of carbonyl (C=O) groups is 1. The summed E-state index contributed by atoms with van der Waals surface area (Å²) in [4.78, 5) is 17.0. The normalized spacial score (nSPS) is 11.9. The fourth-order valence-electron chi connectivity index (χ4n) is 2.00. The number of benzene rings is 1. The van der Waals surface area contributed by atoms with Crippen molar-refractivity contribution in [1.29, 1.82) is 0 Å². The van der Waals surface area contributed by atoms with Crippen molar-refractivity contribution in [3.63, 3.8) is 0 Å². The number of hydrogen-bond donors (Lipinski definition) is 1. The van der Waals surface area contributed by atoms with Gasteiger partial charge in [0.25, 0.3) is 0 Å². The molecule has 6 nitrogen and oxygen atoms in total. The lowest BCUT2D eigenvalue weighted by molar-refractivity contribution is -0.116. The van der Waals surface area contributed by atoms with E-state index in [0.717, 1.165) is 21.3 Å². The van der Waals surface area contributed by atoms with Gasteiger partial charge in [-0.25, -0.2) is 17.8 Å². The zero-order chi connectivity index (χ0) is 17.9. The second-order valence-electron chi connectivity index (χ2n) is 5.42. The van der Waals surface area contributed by atoms with E-state index >= 15 is 0 Å². The number of anilines is 1. The topological polar surface area (TPSA) is 79.4 Å². The Bertz CT molecular complexity index is 817. The maximum atomic E-state index is 13.0. The van der Waals surface area contributed by atoms with Crippen molar-refractivity contribution in [2.24, 2.45) is 0 Å². The third-order valence-electron chi connectivity index (χ3n) is 3.16. The fourth-order valence-corrected chi connectivity index (χ4v) is 4.27. The predicted octanol–water partition coefficient (Wildman–Crippen LogP) is 2.63. The molecule has 0 saturated heterocycles. The third kappa shape index (κ3) is 4.37. The van der Waals surface area contributed by atoms with E-state index in [1.54, 1.807) is 20.0 Å². The highest BCUT2D eigenvalue weighted by Gasteiger charge is 2.29. The van der Waals surface area contributed by atoms with Gasteiger partial charge in [0.2, 0.25) is 15.9 Å². The molecule has 130 valence electrons. The summed E-state index contributed by atoms with van der Waals surface area (Å²) in [5, 5.41) is 3.00. The number of sulfonamides is 1. The first-order chi connectivity index (χ1) is 11.2. The summed E-state index contributed by atoms with van der Waals surface area (Å²) in [5.41, 5.74) is 0. The summed E-state index contributed by atoms with van der Waals surface area (Å²) in [6.45, 7) is 4.84. The minimum Gasteiger partial charge on any atom is -0.301 e. The van der Waals surface area contributed by atoms with Gasteiger partial charge in [-0.1, -0.05) is 0 Å². The van der Waals surface area contributed by atoms with Crippen LogP contribution in [-0.2, 0) is 14.8 Å². The first kappa shape index (κ1) is 18.5. The van der Waals surface area contributed by atoms with Gasteiger partial charge in [0.15, 0.2) is 5.13 Å². The van der Waals surface area contributed by atoms with Crippen LogP contribution in [-0.4, -0.2) is 36.2 Å². The number of nitrogens with zero attached hydrogens (tertiary/aromatic N) is 2. The van der Waals surface area contributed by atoms with Gasteiger partial charge in [-0.05, 0) is 45.0 Å². The number of thiazole rings is 1. The number of carbonyl (C=O) groups excluding carboxylic acids is 1. The van der Waals surface area contributed by atoms with Crippen LogP contribution in [0.5, 0.6) is 0 Å². The summed E-state index contributed by atoms with van der Waals surface area (Å²) in [6.07, 6.45) is 1.62. The molecule has 2 aromatic rings. The first-order valence-corrected chi connectivity index (χ1v) is 9.45. The number of hydrogen-bond acceptors (Lipinski definition) is 5. The molecule has 0 bridgehead atoms. The Kier molecular flexibility index (Phi) is 5.68. The van der Waals surface area contributed by atoms with E-state index in [4.69, 9.17) is 0 Å². The van der Waals surface area contributed by atoms with Gasteiger partial charge in [-0.15, -0.1) is 11.3 Å². The zero-order valence-electron chi connectivity index (χ0n) is 13.5. The van der Waals surface area contributed by atoms with Crippen LogP contribution in [0.4, 0.5) is 9.52 Å². The Labute approximate surface area is 144 Å². The van der Waals surface area contributed by atoms with Gasteiger partial charge < -0.3 is 5.32 Å². The Morgan fingerprint density at radius 3 is 2.46 bits per heavy atom. The molecular formula is C15H18FN3O3S2. The molecule has 0 aliphatic carbocycles. The number of amides is 1. The highest BCUT2D eigenvalue weighted by Crippen LogP contribution is 2.20. The van der Waals surface area contributed by atoms with Crippen LogP contribution in [0, 0.1) is 12.7 Å². The fraction of sp³-hybridized carbons (Fsp3) is 0.333. The van der Waals surface area contributed by atoms with Crippen LogP contribution in [0.3, 0.4) is 0 Å². The van der Waals surface area contributed by atoms with Crippen molar-refractivity contribution in [3.8, 4) is 0 Å². The van der Waals surface area contributed by atoms with Gasteiger partial charge in [0, 0.05) is 17.1 Å². The summed E-state index contributed by atoms with van der Waals surface area (Å²) < 4.78 is 39.5. The van der Waals surface area contributed by atoms with Crippen molar-refractivity contribution < 1.29 is 17.6 Å². The number of halogens is 1. The van der Waals surface area contributed by atoms with E-state index in [9.17, 15) is 17.6 Å². The lowest BCUT2D eigenvalue weighted by Gasteiger charge is -2.25. The Balaban J connectivity index is 2.19. The van der Waals surface area contributed by atoms with Gasteiger partial charge >= 0.3 is 0 Å². The first-order valence-electron chi connectivity index (χ1n) is 7.20. The van der Waals surface area contributed by atoms with Crippen LogP contribution in [0.25, 0.3) is 0 Å². The van der Waals surface area contributed by atoms with E-state index in [2.05, 4.69) is 10.3 Å². The van der Waals surface area contributed by atoms with Crippen molar-refractivity contribution in [1.82, 2.24) is 9.29 Å². The lowest BCUT2D eigenvalue weighted by Crippen LogP contribution is -2.42. The largest absolute Gasteiger partial charge is 0.301 e. The molecule has 0 aliphatic heterocycles. The van der Waals surface area contributed by atoms with Crippen LogP contribution in [0.15, 0.2) is 35.4 Å². The van der Waals surface area contributed by atoms with Gasteiger partial charge in [0.1, 0.15) is 5.82 Å². The van der Waals surface area contributed by atoms with Crippen molar-refractivity contribution in [2.45, 2.75) is 31.7 Å². The van der Waals surface area contributed by atoms with Crippen molar-refractivity contribution >= 4 is 32.4 Å². The molecule has 1 heterocycles. The number of aromatic nitrogens is 1. The Morgan fingerprint density at radius 2 is 1.96 bits per heavy atom. The molecule has 1 amide bonds. The SMILES string of the molecule is Cc1cnc(NC(=O)CN(C(C)C)S(=O)(=O)c2ccc(F)cc2)s1. The second kappa shape index (κ2) is 7.37. The van der Waals surface area contributed by atoms with Gasteiger partial charge in [0.05, 0.1) is 11.4 Å². The minimum atomic E-state index is -3.91. The standard InChI is InChI=1S/C15H18FN3O3S2/c1-10(2)19(9-14(20)18-15-17-8-11(3)23-15)24(21,22)13-6-4-12(16)5-7-13/h4-8,10H,9H2,1-3H3,(H,17,18,20). The average Bonchev–Trinajstić information content (AvgIpc) is 2.90. The van der Waals surface area contributed by atoms with Gasteiger partial charge in [-0.3, -0.25) is 4.79 Å². The summed E-state index contributed by atoms with van der Waals surface area (Å²) >= 11 is 1.30. The number of rotatable bonds is 6. The number of aryl methyl sites for hydroxylation is 1. The molecule has 0 radical (unpaired) electrons. The van der Waals surface area contributed by atoms with Crippen LogP contribution in [0.2, 0.25) is 0 Å². The van der Waals surface area contributed by atoms with E-state index in [1.807, 2.05) is 6.92 Å². The molecule has 1 aromatic heterocycles. The predicted molar refractivity (Wildman–Crippen MR) is 90.9 cm³/mol. The van der Waals surface area contributed by atoms with Crippen molar-refractivity contribution in [3.05, 3.63) is 41.2 Å². The Morgan fingerprint density at radius 1 is 1.33 bits per heavy atom. The zero-order valence-corrected chi connectivity index (χ0v) is 15.1. The van der Waals surface area contributed by atoms with E-state index in [0.29, 0.717) is 5.13 Å². The molecule has 9 heteroatoms. The summed E-state index contributed by atoms with van der Waals surface area (Å²) in [6, 6.07) is 4.07. The van der Waals surface area contributed by atoms with Crippen LogP contribution >= 0.6 is 11.3 Å². The lowest BCUT2D eigenvalue weighted by atomic mass is 10.3. The average molecular weight is 371 g/mol. The molecule has 0 aliphatic rings. The molecular weight excluding hydrogens is 353 g/mol. The molecule has 0 atom stereocenters. The second-order valence-corrected chi connectivity index (χ2v) is 8.55. The van der Waals surface area contributed by atoms with E-state index < -0.39 is 27.8 Å². The highest BCUT2D eigenvalue weighted by molar-refractivity contribution is 7.89. The van der Waals surface area contributed by atoms with E-state index in [-0.39, 0.29) is 11.4 Å². The molecule has 1 aromatic carbocycles. The molecule has 1 N–H and O–H groups in total. The van der Waals surface area contributed by atoms with Gasteiger partial charge in [-0.2, -0.15) is 4.31 Å². The molecule has 0 saturated carbocycles. The van der Waals surface area contributed by atoms with Crippen LogP contribution < -0.4 is 5.32 Å². The quantitative estimate of drug-likeness (QED) is 0.847. The highest BCUT2D eigenvalue weighted by atomic mass is 32.2. The van der Waals surface area contributed by atoms with E-state index in [1.165, 1.54) is 23.5 Å². The summed E-state index contributed by atoms with van der Waals surface area (Å²) in [7, 11) is -3.91. The molecule has 2 rings (SSSR count). The third-order valence-corrected chi connectivity index (χ3v) is 6.03. The molecule has 0 spiro atoms. The number of nitrogens with one attached hydrogen (secondary N) is 1. The summed E-state index contributed by atoms with van der Waals surface area (Å²) in [5.74, 6) is -1.01. The maximum Gasteiger partial charge on any atom is 0.243 e.